The first-order chi connectivity index (χ1) is 8.40. The zero-order valence-corrected chi connectivity index (χ0v) is 10.8. The minimum absolute atomic E-state index is 0.831. The van der Waals surface area contributed by atoms with Gasteiger partial charge in [-0.05, 0) is 42.7 Å². The van der Waals surface area contributed by atoms with Crippen LogP contribution in [0.25, 0.3) is 0 Å². The van der Waals surface area contributed by atoms with Gasteiger partial charge >= 0.3 is 0 Å². The van der Waals surface area contributed by atoms with E-state index in [1.165, 1.54) is 44.1 Å². The van der Waals surface area contributed by atoms with Gasteiger partial charge < -0.3 is 0 Å². The lowest BCUT2D eigenvalue weighted by Crippen LogP contribution is -2.04. The SMILES string of the molecule is [CH2]CCC[CH]c1ccc(C2CCCCC2)cc1. The minimum atomic E-state index is 0.831. The summed E-state index contributed by atoms with van der Waals surface area (Å²) in [5, 5.41) is 0. The zero-order valence-electron chi connectivity index (χ0n) is 10.8. The standard InChI is InChI=1S/C17H24/c1-2-3-5-8-15-11-13-17(14-12-15)16-9-6-4-7-10-16/h8,11-14,16H,1-7,9-10H2. The van der Waals surface area contributed by atoms with Crippen molar-refractivity contribution in [1.82, 2.24) is 0 Å². The van der Waals surface area contributed by atoms with E-state index < -0.39 is 0 Å². The monoisotopic (exact) mass is 228 g/mol. The predicted octanol–water partition coefficient (Wildman–Crippen LogP) is 5.29. The van der Waals surface area contributed by atoms with Crippen LogP contribution in [-0.4, -0.2) is 0 Å². The fourth-order valence-corrected chi connectivity index (χ4v) is 2.75. The molecule has 2 radical (unpaired) electrons. The van der Waals surface area contributed by atoms with E-state index in [2.05, 4.69) is 37.6 Å². The van der Waals surface area contributed by atoms with Crippen LogP contribution in [-0.2, 0) is 0 Å². The molecule has 0 amide bonds. The molecule has 0 aliphatic heterocycles. The van der Waals surface area contributed by atoms with Gasteiger partial charge in [0.1, 0.15) is 0 Å². The van der Waals surface area contributed by atoms with Gasteiger partial charge in [0.25, 0.3) is 0 Å². The van der Waals surface area contributed by atoms with E-state index in [-0.39, 0.29) is 0 Å². The molecule has 0 nitrogen and oxygen atoms in total. The molecule has 2 rings (SSSR count). The molecule has 0 atom stereocenters. The number of benzene rings is 1. The second kappa shape index (κ2) is 6.83. The Morgan fingerprint density at radius 2 is 1.76 bits per heavy atom. The van der Waals surface area contributed by atoms with E-state index in [9.17, 15) is 0 Å². The van der Waals surface area contributed by atoms with Crippen molar-refractivity contribution in [2.75, 3.05) is 0 Å². The van der Waals surface area contributed by atoms with Gasteiger partial charge in [-0.1, -0.05) is 63.3 Å². The maximum Gasteiger partial charge on any atom is -0.00931 e. The Kier molecular flexibility index (Phi) is 5.09. The van der Waals surface area contributed by atoms with Crippen LogP contribution in [0.4, 0.5) is 0 Å². The lowest BCUT2D eigenvalue weighted by Gasteiger charge is -2.22. The summed E-state index contributed by atoms with van der Waals surface area (Å²) in [6.07, 6.45) is 12.8. The first-order valence-corrected chi connectivity index (χ1v) is 7.12. The van der Waals surface area contributed by atoms with E-state index in [0.29, 0.717) is 0 Å². The first kappa shape index (κ1) is 12.7. The van der Waals surface area contributed by atoms with E-state index >= 15 is 0 Å². The molecule has 1 aromatic carbocycles. The molecule has 0 aromatic heterocycles. The van der Waals surface area contributed by atoms with Gasteiger partial charge in [-0.2, -0.15) is 0 Å². The molecule has 1 fully saturated rings. The third-order valence-electron chi connectivity index (χ3n) is 3.85. The third-order valence-corrected chi connectivity index (χ3v) is 3.85. The number of unbranched alkanes of at least 4 members (excludes halogenated alkanes) is 2. The van der Waals surface area contributed by atoms with Crippen LogP contribution < -0.4 is 0 Å². The Morgan fingerprint density at radius 1 is 1.06 bits per heavy atom. The predicted molar refractivity (Wildman–Crippen MR) is 74.9 cm³/mol. The Hall–Kier alpha value is -0.780. The quantitative estimate of drug-likeness (QED) is 0.601. The van der Waals surface area contributed by atoms with Crippen molar-refractivity contribution in [3.63, 3.8) is 0 Å². The van der Waals surface area contributed by atoms with Gasteiger partial charge in [0.2, 0.25) is 0 Å². The highest BCUT2D eigenvalue weighted by Gasteiger charge is 2.14. The largest absolute Gasteiger partial charge is 0.0585 e. The zero-order chi connectivity index (χ0) is 11.9. The lowest BCUT2D eigenvalue weighted by atomic mass is 9.84. The van der Waals surface area contributed by atoms with Gasteiger partial charge in [-0.15, -0.1) is 0 Å². The Balaban J connectivity index is 1.88. The van der Waals surface area contributed by atoms with Gasteiger partial charge in [0.05, 0.1) is 0 Å². The first-order valence-electron chi connectivity index (χ1n) is 7.12. The summed E-state index contributed by atoms with van der Waals surface area (Å²) < 4.78 is 0. The fraction of sp³-hybridized carbons (Fsp3) is 0.529. The van der Waals surface area contributed by atoms with Crippen molar-refractivity contribution in [2.45, 2.75) is 57.3 Å². The molecule has 0 unspecified atom stereocenters. The van der Waals surface area contributed by atoms with Crippen molar-refractivity contribution in [3.8, 4) is 0 Å². The van der Waals surface area contributed by atoms with Crippen LogP contribution in [0, 0.1) is 13.3 Å². The highest BCUT2D eigenvalue weighted by atomic mass is 14.2. The normalized spacial score (nSPS) is 17.2. The molecule has 0 bridgehead atoms. The maximum atomic E-state index is 3.87. The van der Waals surface area contributed by atoms with Crippen molar-refractivity contribution in [1.29, 1.82) is 0 Å². The van der Waals surface area contributed by atoms with E-state index in [1.54, 1.807) is 5.56 Å². The van der Waals surface area contributed by atoms with E-state index in [4.69, 9.17) is 0 Å². The summed E-state index contributed by atoms with van der Waals surface area (Å²) in [5.74, 6) is 0.831. The molecule has 0 spiro atoms. The highest BCUT2D eigenvalue weighted by Crippen LogP contribution is 2.32. The number of rotatable bonds is 5. The summed E-state index contributed by atoms with van der Waals surface area (Å²) in [7, 11) is 0. The maximum absolute atomic E-state index is 3.87. The second-order valence-corrected chi connectivity index (χ2v) is 5.20. The van der Waals surface area contributed by atoms with Crippen LogP contribution in [0.15, 0.2) is 24.3 Å². The van der Waals surface area contributed by atoms with Crippen molar-refractivity contribution < 1.29 is 0 Å². The second-order valence-electron chi connectivity index (χ2n) is 5.20. The summed E-state index contributed by atoms with van der Waals surface area (Å²) in [5.41, 5.74) is 2.93. The average Bonchev–Trinajstić information content (AvgIpc) is 2.41. The van der Waals surface area contributed by atoms with Gasteiger partial charge in [0, 0.05) is 0 Å². The van der Waals surface area contributed by atoms with E-state index in [0.717, 1.165) is 18.8 Å². The van der Waals surface area contributed by atoms with Gasteiger partial charge in [-0.25, -0.2) is 0 Å². The molecule has 0 saturated heterocycles. The van der Waals surface area contributed by atoms with E-state index in [1.807, 2.05) is 0 Å². The van der Waals surface area contributed by atoms with Crippen LogP contribution in [0.1, 0.15) is 68.4 Å². The molecule has 0 heterocycles. The van der Waals surface area contributed by atoms with Crippen molar-refractivity contribution in [3.05, 3.63) is 48.7 Å². The van der Waals surface area contributed by atoms with Gasteiger partial charge in [0.15, 0.2) is 0 Å². The van der Waals surface area contributed by atoms with Crippen molar-refractivity contribution >= 4 is 0 Å². The Labute approximate surface area is 106 Å². The smallest absolute Gasteiger partial charge is 0.00931 e. The van der Waals surface area contributed by atoms with Crippen molar-refractivity contribution in [2.24, 2.45) is 0 Å². The molecule has 17 heavy (non-hydrogen) atoms. The molecule has 1 saturated carbocycles. The minimum Gasteiger partial charge on any atom is -0.0585 e. The number of hydrogen-bond donors (Lipinski definition) is 0. The third kappa shape index (κ3) is 3.87. The van der Waals surface area contributed by atoms with Gasteiger partial charge in [-0.3, -0.25) is 0 Å². The van der Waals surface area contributed by atoms with Crippen LogP contribution in [0.5, 0.6) is 0 Å². The molecular formula is C17H24. The fourth-order valence-electron chi connectivity index (χ4n) is 2.75. The average molecular weight is 228 g/mol. The molecule has 92 valence electrons. The molecule has 1 aliphatic rings. The summed E-state index contributed by atoms with van der Waals surface area (Å²) in [6, 6.07) is 9.25. The molecule has 0 N–H and O–H groups in total. The highest BCUT2D eigenvalue weighted by molar-refractivity contribution is 5.29. The Morgan fingerprint density at radius 3 is 2.41 bits per heavy atom. The lowest BCUT2D eigenvalue weighted by molar-refractivity contribution is 0.443. The molecule has 1 aromatic rings. The summed E-state index contributed by atoms with van der Waals surface area (Å²) in [4.78, 5) is 0. The molecular weight excluding hydrogens is 204 g/mol. The molecule has 1 aliphatic carbocycles. The Bertz CT molecular complexity index is 303. The van der Waals surface area contributed by atoms with Crippen LogP contribution in [0.3, 0.4) is 0 Å². The molecule has 0 heteroatoms. The van der Waals surface area contributed by atoms with Crippen LogP contribution in [0.2, 0.25) is 0 Å². The summed E-state index contributed by atoms with van der Waals surface area (Å²) in [6.45, 7) is 3.87. The topological polar surface area (TPSA) is 0 Å². The number of hydrogen-bond acceptors (Lipinski definition) is 0. The van der Waals surface area contributed by atoms with Crippen LogP contribution >= 0.6 is 0 Å². The summed E-state index contributed by atoms with van der Waals surface area (Å²) >= 11 is 0.